The summed E-state index contributed by atoms with van der Waals surface area (Å²) in [5, 5.41) is 3.51. The molecule has 0 radical (unpaired) electrons. The molecule has 1 aliphatic rings. The summed E-state index contributed by atoms with van der Waals surface area (Å²) in [4.78, 5) is 21.6. The number of nitrogens with one attached hydrogen (secondary N) is 1. The fourth-order valence-electron chi connectivity index (χ4n) is 4.13. The van der Waals surface area contributed by atoms with Gasteiger partial charge in [0.05, 0.1) is 24.3 Å². The number of fused-ring (bicyclic) bond motifs is 2. The first kappa shape index (κ1) is 24.6. The van der Waals surface area contributed by atoms with Crippen molar-refractivity contribution in [3.63, 3.8) is 0 Å². The lowest BCUT2D eigenvalue weighted by molar-refractivity contribution is -0.122. The fraction of sp³-hybridized carbons (Fsp3) is 0.250. The highest BCUT2D eigenvalue weighted by molar-refractivity contribution is 6.31. The molecule has 0 bridgehead atoms. The van der Waals surface area contributed by atoms with Crippen LogP contribution in [0.25, 0.3) is 11.0 Å². The van der Waals surface area contributed by atoms with Gasteiger partial charge in [-0.1, -0.05) is 11.6 Å². The van der Waals surface area contributed by atoms with E-state index < -0.39 is 6.10 Å². The quantitative estimate of drug-likeness (QED) is 0.310. The number of carbonyl (C=O) groups excluding carboxylic acids is 1. The van der Waals surface area contributed by atoms with Crippen molar-refractivity contribution < 1.29 is 23.7 Å². The first-order valence-electron chi connectivity index (χ1n) is 11.8. The average molecular weight is 520 g/mol. The minimum Gasteiger partial charge on any atom is -0.493 e. The first-order chi connectivity index (χ1) is 17.7. The normalized spacial score (nSPS) is 14.4. The van der Waals surface area contributed by atoms with Gasteiger partial charge >= 0.3 is 0 Å². The summed E-state index contributed by atoms with van der Waals surface area (Å²) in [6.07, 6.45) is 1.52. The molecule has 190 valence electrons. The molecule has 2 heterocycles. The highest BCUT2D eigenvalue weighted by atomic mass is 35.5. The number of hydrogen-bond acceptors (Lipinski definition) is 7. The van der Waals surface area contributed by atoms with Gasteiger partial charge in [-0.05, 0) is 69.3 Å². The predicted molar refractivity (Wildman–Crippen MR) is 141 cm³/mol. The van der Waals surface area contributed by atoms with Crippen LogP contribution in [0.3, 0.4) is 0 Å². The number of carbonyl (C=O) groups is 1. The Morgan fingerprint density at radius 1 is 1.08 bits per heavy atom. The van der Waals surface area contributed by atoms with E-state index in [2.05, 4.69) is 15.3 Å². The predicted octanol–water partition coefficient (Wildman–Crippen LogP) is 6.20. The second-order valence-electron chi connectivity index (χ2n) is 9.37. The summed E-state index contributed by atoms with van der Waals surface area (Å²) < 4.78 is 23.1. The molecular formula is C28H26ClN3O5. The topological polar surface area (TPSA) is 91.8 Å². The number of nitrogens with zero attached hydrogens (tertiary/aromatic N) is 2. The molecule has 4 aromatic rings. The zero-order chi connectivity index (χ0) is 26.2. The lowest BCUT2D eigenvalue weighted by Gasteiger charge is -2.18. The Morgan fingerprint density at radius 3 is 2.59 bits per heavy atom. The molecule has 1 atom stereocenters. The molecule has 9 heteroatoms. The molecule has 1 aromatic heterocycles. The zero-order valence-electron chi connectivity index (χ0n) is 20.9. The summed E-state index contributed by atoms with van der Waals surface area (Å²) in [6, 6.07) is 15.9. The van der Waals surface area contributed by atoms with Crippen molar-refractivity contribution in [2.45, 2.75) is 38.9 Å². The standard InChI is InChI=1S/C28H26ClN3O5/c1-16(27(33)31-19-11-17-14-28(2,3)37-26(17)24(13-19)34-4)35-20-6-8-21(9-7-20)36-25-15-30-23-12-18(29)5-10-22(23)32-25/h5-13,15-16H,14H2,1-4H3,(H,31,33)/t16-/m1/s1. The van der Waals surface area contributed by atoms with Crippen LogP contribution < -0.4 is 24.3 Å². The summed E-state index contributed by atoms with van der Waals surface area (Å²) in [7, 11) is 1.58. The number of ether oxygens (including phenoxy) is 4. The van der Waals surface area contributed by atoms with E-state index in [1.165, 1.54) is 6.20 Å². The van der Waals surface area contributed by atoms with Gasteiger partial charge in [-0.15, -0.1) is 0 Å². The molecular weight excluding hydrogens is 494 g/mol. The average Bonchev–Trinajstić information content (AvgIpc) is 3.18. The molecule has 0 fully saturated rings. The molecule has 37 heavy (non-hydrogen) atoms. The maximum absolute atomic E-state index is 12.8. The third kappa shape index (κ3) is 5.54. The maximum Gasteiger partial charge on any atom is 0.265 e. The van der Waals surface area contributed by atoms with Gasteiger partial charge in [0.2, 0.25) is 5.88 Å². The monoisotopic (exact) mass is 519 g/mol. The number of hydrogen-bond donors (Lipinski definition) is 1. The smallest absolute Gasteiger partial charge is 0.265 e. The van der Waals surface area contributed by atoms with Crippen molar-refractivity contribution >= 4 is 34.2 Å². The molecule has 0 aliphatic carbocycles. The van der Waals surface area contributed by atoms with Gasteiger partial charge in [-0.25, -0.2) is 9.97 Å². The van der Waals surface area contributed by atoms with E-state index in [9.17, 15) is 4.79 Å². The molecule has 0 unspecified atom stereocenters. The second kappa shape index (κ2) is 9.78. The number of amides is 1. The highest BCUT2D eigenvalue weighted by Gasteiger charge is 2.33. The van der Waals surface area contributed by atoms with Gasteiger partial charge in [-0.3, -0.25) is 4.79 Å². The Balaban J connectivity index is 1.21. The highest BCUT2D eigenvalue weighted by Crippen LogP contribution is 2.43. The van der Waals surface area contributed by atoms with Crippen LogP contribution in [0.15, 0.2) is 60.8 Å². The lowest BCUT2D eigenvalue weighted by atomic mass is 10.0. The number of rotatable bonds is 7. The van der Waals surface area contributed by atoms with E-state index in [0.717, 1.165) is 17.7 Å². The third-order valence-electron chi connectivity index (χ3n) is 5.82. The van der Waals surface area contributed by atoms with E-state index in [-0.39, 0.29) is 11.5 Å². The fourth-order valence-corrected chi connectivity index (χ4v) is 4.29. The van der Waals surface area contributed by atoms with Crippen LogP contribution in [-0.2, 0) is 11.2 Å². The van der Waals surface area contributed by atoms with Crippen LogP contribution >= 0.6 is 11.6 Å². The third-order valence-corrected chi connectivity index (χ3v) is 6.06. The molecule has 3 aromatic carbocycles. The van der Waals surface area contributed by atoms with Gasteiger partial charge in [0, 0.05) is 28.8 Å². The van der Waals surface area contributed by atoms with Crippen LogP contribution in [0.2, 0.25) is 5.02 Å². The van der Waals surface area contributed by atoms with Crippen molar-refractivity contribution in [1.82, 2.24) is 9.97 Å². The molecule has 5 rings (SSSR count). The van der Waals surface area contributed by atoms with Crippen LogP contribution in [0, 0.1) is 0 Å². The number of aromatic nitrogens is 2. The molecule has 1 amide bonds. The maximum atomic E-state index is 12.8. The van der Waals surface area contributed by atoms with Crippen molar-refractivity contribution in [3.05, 3.63) is 71.4 Å². The van der Waals surface area contributed by atoms with Crippen molar-refractivity contribution in [2.24, 2.45) is 0 Å². The van der Waals surface area contributed by atoms with Crippen molar-refractivity contribution in [2.75, 3.05) is 12.4 Å². The Labute approximate surface area is 219 Å². The van der Waals surface area contributed by atoms with Gasteiger partial charge in [-0.2, -0.15) is 0 Å². The van der Waals surface area contributed by atoms with E-state index in [0.29, 0.717) is 44.9 Å². The van der Waals surface area contributed by atoms with Crippen molar-refractivity contribution in [1.29, 1.82) is 0 Å². The molecule has 8 nitrogen and oxygen atoms in total. The molecule has 0 spiro atoms. The molecule has 1 aliphatic heterocycles. The summed E-state index contributed by atoms with van der Waals surface area (Å²) in [5.41, 5.74) is 2.66. The lowest BCUT2D eigenvalue weighted by Crippen LogP contribution is -2.30. The summed E-state index contributed by atoms with van der Waals surface area (Å²) >= 11 is 6.00. The molecule has 0 saturated carbocycles. The van der Waals surface area contributed by atoms with Crippen molar-refractivity contribution in [3.8, 4) is 28.9 Å². The minimum absolute atomic E-state index is 0.285. The first-order valence-corrected chi connectivity index (χ1v) is 12.1. The summed E-state index contributed by atoms with van der Waals surface area (Å²) in [6.45, 7) is 5.72. The minimum atomic E-state index is -0.739. The van der Waals surface area contributed by atoms with Crippen LogP contribution in [0.1, 0.15) is 26.3 Å². The summed E-state index contributed by atoms with van der Waals surface area (Å²) in [5.74, 6) is 2.46. The molecule has 1 N–H and O–H groups in total. The van der Waals surface area contributed by atoms with Crippen LogP contribution in [-0.4, -0.2) is 34.7 Å². The number of benzene rings is 3. The second-order valence-corrected chi connectivity index (χ2v) is 9.81. The van der Waals surface area contributed by atoms with Crippen LogP contribution in [0.4, 0.5) is 5.69 Å². The van der Waals surface area contributed by atoms with Gasteiger partial charge in [0.1, 0.15) is 17.1 Å². The number of halogens is 1. The van der Waals surface area contributed by atoms with E-state index in [1.54, 1.807) is 62.6 Å². The van der Waals surface area contributed by atoms with Gasteiger partial charge in [0.25, 0.3) is 5.91 Å². The zero-order valence-corrected chi connectivity index (χ0v) is 21.6. The number of methoxy groups -OCH3 is 1. The Bertz CT molecular complexity index is 1470. The van der Waals surface area contributed by atoms with Gasteiger partial charge < -0.3 is 24.3 Å². The Hall–Kier alpha value is -4.04. The van der Waals surface area contributed by atoms with Gasteiger partial charge in [0.15, 0.2) is 17.6 Å². The van der Waals surface area contributed by atoms with E-state index in [4.69, 9.17) is 30.5 Å². The Morgan fingerprint density at radius 2 is 1.84 bits per heavy atom. The molecule has 0 saturated heterocycles. The number of anilines is 1. The van der Waals surface area contributed by atoms with E-state index >= 15 is 0 Å². The Kier molecular flexibility index (Phi) is 6.52. The largest absolute Gasteiger partial charge is 0.493 e. The SMILES string of the molecule is COc1cc(NC(=O)[C@@H](C)Oc2ccc(Oc3cnc4cc(Cl)ccc4n3)cc2)cc2c1OC(C)(C)C2. The van der Waals surface area contributed by atoms with E-state index in [1.807, 2.05) is 19.9 Å². The van der Waals surface area contributed by atoms with Crippen LogP contribution in [0.5, 0.6) is 28.9 Å².